The van der Waals surface area contributed by atoms with Gasteiger partial charge in [0, 0.05) is 15.9 Å². The van der Waals surface area contributed by atoms with Gasteiger partial charge in [-0.2, -0.15) is 0 Å². The summed E-state index contributed by atoms with van der Waals surface area (Å²) in [6.07, 6.45) is 0. The molecule has 2 nitrogen and oxygen atoms in total. The standard InChI is InChI=1S/C11H2BrF5O2S/c12-3-1-4(20-2-3)19-11(18)5-6(13)8(15)10(17)9(16)7(5)14/h1-2H. The minimum absolute atomic E-state index is 0.0641. The molecule has 0 saturated heterocycles. The first-order chi connectivity index (χ1) is 9.32. The first kappa shape index (κ1) is 14.9. The first-order valence-electron chi connectivity index (χ1n) is 4.80. The Morgan fingerprint density at radius 1 is 1.00 bits per heavy atom. The molecule has 0 amide bonds. The van der Waals surface area contributed by atoms with Gasteiger partial charge in [-0.05, 0) is 15.9 Å². The van der Waals surface area contributed by atoms with Crippen molar-refractivity contribution < 1.29 is 31.5 Å². The summed E-state index contributed by atoms with van der Waals surface area (Å²) in [6, 6.07) is 1.30. The van der Waals surface area contributed by atoms with Crippen LogP contribution in [0.4, 0.5) is 22.0 Å². The Balaban J connectivity index is 2.45. The van der Waals surface area contributed by atoms with Gasteiger partial charge in [0.15, 0.2) is 28.3 Å². The average molecular weight is 373 g/mol. The van der Waals surface area contributed by atoms with Crippen molar-refractivity contribution >= 4 is 33.2 Å². The van der Waals surface area contributed by atoms with Gasteiger partial charge in [-0.3, -0.25) is 0 Å². The highest BCUT2D eigenvalue weighted by Crippen LogP contribution is 2.29. The molecule has 106 valence electrons. The Morgan fingerprint density at radius 3 is 1.95 bits per heavy atom. The average Bonchev–Trinajstić information content (AvgIpc) is 2.79. The van der Waals surface area contributed by atoms with Gasteiger partial charge in [-0.15, -0.1) is 11.3 Å². The lowest BCUT2D eigenvalue weighted by molar-refractivity contribution is 0.0727. The number of hydrogen-bond donors (Lipinski definition) is 0. The molecule has 0 bridgehead atoms. The van der Waals surface area contributed by atoms with Gasteiger partial charge < -0.3 is 4.74 Å². The molecule has 0 fully saturated rings. The highest BCUT2D eigenvalue weighted by molar-refractivity contribution is 9.10. The monoisotopic (exact) mass is 372 g/mol. The zero-order valence-electron chi connectivity index (χ0n) is 9.15. The lowest BCUT2D eigenvalue weighted by Gasteiger charge is -2.06. The number of benzene rings is 1. The van der Waals surface area contributed by atoms with E-state index < -0.39 is 40.6 Å². The molecule has 0 aliphatic heterocycles. The van der Waals surface area contributed by atoms with Gasteiger partial charge in [0.05, 0.1) is 0 Å². The van der Waals surface area contributed by atoms with E-state index in [-0.39, 0.29) is 5.06 Å². The lowest BCUT2D eigenvalue weighted by Crippen LogP contribution is -2.17. The number of ether oxygens (including phenoxy) is 1. The van der Waals surface area contributed by atoms with Gasteiger partial charge >= 0.3 is 5.97 Å². The van der Waals surface area contributed by atoms with Gasteiger partial charge in [0.25, 0.3) is 0 Å². The van der Waals surface area contributed by atoms with Crippen LogP contribution in [0.25, 0.3) is 0 Å². The lowest BCUT2D eigenvalue weighted by atomic mass is 10.1. The summed E-state index contributed by atoms with van der Waals surface area (Å²) in [7, 11) is 0. The number of carbonyl (C=O) groups excluding carboxylic acids is 1. The minimum Gasteiger partial charge on any atom is -0.412 e. The molecule has 0 aliphatic carbocycles. The number of rotatable bonds is 2. The van der Waals surface area contributed by atoms with Crippen LogP contribution in [0.3, 0.4) is 0 Å². The first-order valence-corrected chi connectivity index (χ1v) is 6.47. The Morgan fingerprint density at radius 2 is 1.50 bits per heavy atom. The fourth-order valence-electron chi connectivity index (χ4n) is 1.28. The van der Waals surface area contributed by atoms with Crippen molar-refractivity contribution in [2.75, 3.05) is 0 Å². The second-order valence-corrected chi connectivity index (χ2v) is 5.21. The SMILES string of the molecule is O=C(Oc1cc(Br)cs1)c1c(F)c(F)c(F)c(F)c1F. The maximum atomic E-state index is 13.3. The van der Waals surface area contributed by atoms with Crippen molar-refractivity contribution in [2.45, 2.75) is 0 Å². The third-order valence-electron chi connectivity index (χ3n) is 2.15. The van der Waals surface area contributed by atoms with E-state index in [0.29, 0.717) is 4.47 Å². The van der Waals surface area contributed by atoms with E-state index >= 15 is 0 Å². The van der Waals surface area contributed by atoms with Gasteiger partial charge in [0.2, 0.25) is 5.82 Å². The molecule has 0 unspecified atom stereocenters. The van der Waals surface area contributed by atoms with E-state index in [0.717, 1.165) is 11.3 Å². The van der Waals surface area contributed by atoms with Gasteiger partial charge in [0.1, 0.15) is 5.56 Å². The summed E-state index contributed by atoms with van der Waals surface area (Å²) in [4.78, 5) is 11.5. The Bertz CT molecular complexity index is 671. The number of hydrogen-bond acceptors (Lipinski definition) is 3. The van der Waals surface area contributed by atoms with Crippen LogP contribution >= 0.6 is 27.3 Å². The quantitative estimate of drug-likeness (QED) is 0.337. The Hall–Kier alpha value is -1.48. The molecule has 0 N–H and O–H groups in total. The summed E-state index contributed by atoms with van der Waals surface area (Å²) < 4.78 is 70.4. The topological polar surface area (TPSA) is 26.3 Å². The van der Waals surface area contributed by atoms with Crippen molar-refractivity contribution in [3.05, 3.63) is 50.6 Å². The highest BCUT2D eigenvalue weighted by atomic mass is 79.9. The fourth-order valence-corrected chi connectivity index (χ4v) is 2.53. The molecular formula is C11H2BrF5O2S. The van der Waals surface area contributed by atoms with E-state index in [1.807, 2.05) is 0 Å². The van der Waals surface area contributed by atoms with Crippen molar-refractivity contribution in [3.8, 4) is 5.06 Å². The highest BCUT2D eigenvalue weighted by Gasteiger charge is 2.31. The molecule has 0 radical (unpaired) electrons. The second kappa shape index (κ2) is 5.49. The largest absolute Gasteiger partial charge is 0.412 e. The van der Waals surface area contributed by atoms with Crippen LogP contribution in [0.2, 0.25) is 0 Å². The molecule has 0 spiro atoms. The van der Waals surface area contributed by atoms with Crippen molar-refractivity contribution in [1.82, 2.24) is 0 Å². The second-order valence-electron chi connectivity index (χ2n) is 3.42. The maximum Gasteiger partial charge on any atom is 0.350 e. The van der Waals surface area contributed by atoms with Crippen LogP contribution in [-0.2, 0) is 0 Å². The van der Waals surface area contributed by atoms with Crippen LogP contribution in [0.1, 0.15) is 10.4 Å². The molecule has 2 aromatic rings. The Kier molecular flexibility index (Phi) is 4.09. The van der Waals surface area contributed by atoms with Crippen LogP contribution in [0, 0.1) is 29.1 Å². The normalized spacial score (nSPS) is 10.7. The predicted molar refractivity (Wildman–Crippen MR) is 63.2 cm³/mol. The fraction of sp³-hybridized carbons (Fsp3) is 0. The molecule has 9 heteroatoms. The van der Waals surface area contributed by atoms with Crippen LogP contribution in [-0.4, -0.2) is 5.97 Å². The van der Waals surface area contributed by atoms with E-state index in [9.17, 15) is 26.7 Å². The van der Waals surface area contributed by atoms with Crippen LogP contribution in [0.5, 0.6) is 5.06 Å². The summed E-state index contributed by atoms with van der Waals surface area (Å²) in [5.74, 6) is -12.9. The molecular weight excluding hydrogens is 371 g/mol. The molecule has 0 atom stereocenters. The molecule has 1 aromatic carbocycles. The number of thiophene rings is 1. The predicted octanol–water partition coefficient (Wildman–Crippen LogP) is 4.43. The van der Waals surface area contributed by atoms with Crippen molar-refractivity contribution in [3.63, 3.8) is 0 Å². The van der Waals surface area contributed by atoms with Crippen molar-refractivity contribution in [2.24, 2.45) is 0 Å². The maximum absolute atomic E-state index is 13.3. The zero-order chi connectivity index (χ0) is 15.0. The van der Waals surface area contributed by atoms with Crippen molar-refractivity contribution in [1.29, 1.82) is 0 Å². The summed E-state index contributed by atoms with van der Waals surface area (Å²) in [5, 5.41) is 1.44. The van der Waals surface area contributed by atoms with Crippen LogP contribution < -0.4 is 4.74 Å². The molecule has 0 aliphatic rings. The van der Waals surface area contributed by atoms with E-state index in [1.165, 1.54) is 11.4 Å². The summed E-state index contributed by atoms with van der Waals surface area (Å²) in [5.41, 5.74) is -1.63. The molecule has 0 saturated carbocycles. The molecule has 2 rings (SSSR count). The third kappa shape index (κ3) is 2.55. The van der Waals surface area contributed by atoms with Gasteiger partial charge in [-0.1, -0.05) is 0 Å². The smallest absolute Gasteiger partial charge is 0.350 e. The van der Waals surface area contributed by atoms with E-state index in [4.69, 9.17) is 0 Å². The molecule has 1 heterocycles. The number of esters is 1. The number of halogens is 6. The summed E-state index contributed by atoms with van der Waals surface area (Å²) >= 11 is 3.94. The van der Waals surface area contributed by atoms with E-state index in [2.05, 4.69) is 20.7 Å². The van der Waals surface area contributed by atoms with Crippen LogP contribution in [0.15, 0.2) is 15.9 Å². The third-order valence-corrected chi connectivity index (χ3v) is 3.72. The van der Waals surface area contributed by atoms with E-state index in [1.54, 1.807) is 0 Å². The summed E-state index contributed by atoms with van der Waals surface area (Å²) in [6.45, 7) is 0. The minimum atomic E-state index is -2.34. The number of carbonyl (C=O) groups is 1. The molecule has 20 heavy (non-hydrogen) atoms. The molecule has 1 aromatic heterocycles. The van der Waals surface area contributed by atoms with Gasteiger partial charge in [-0.25, -0.2) is 26.7 Å². The Labute approximate surface area is 120 Å². The zero-order valence-corrected chi connectivity index (χ0v) is 11.5.